The van der Waals surface area contributed by atoms with Crippen LogP contribution in [0.25, 0.3) is 0 Å². The van der Waals surface area contributed by atoms with Crippen molar-refractivity contribution in [1.29, 1.82) is 5.26 Å². The van der Waals surface area contributed by atoms with E-state index in [0.29, 0.717) is 6.04 Å². The first-order chi connectivity index (χ1) is 9.17. The number of nitriles is 1. The Balaban J connectivity index is 3.06. The fourth-order valence-electron chi connectivity index (χ4n) is 2.42. The predicted octanol–water partition coefficient (Wildman–Crippen LogP) is 3.34. The zero-order valence-corrected chi connectivity index (χ0v) is 12.5. The molecule has 0 spiro atoms. The van der Waals surface area contributed by atoms with Crippen LogP contribution in [-0.4, -0.2) is 20.1 Å². The summed E-state index contributed by atoms with van der Waals surface area (Å²) in [6, 6.07) is 11.2. The van der Waals surface area contributed by atoms with Crippen LogP contribution in [0.1, 0.15) is 38.8 Å². The molecule has 104 valence electrons. The van der Waals surface area contributed by atoms with Crippen LogP contribution in [0.4, 0.5) is 5.69 Å². The number of rotatable bonds is 7. The molecule has 1 N–H and O–H groups in total. The standard InChI is InChI=1S/C16H25N3/c1-5-15(18-4)14-9-7-8-10-16(14)19(6-2)12-13(3)11-17/h7-10,13,15,18H,5-6,12H2,1-4H3. The second-order valence-electron chi connectivity index (χ2n) is 4.88. The van der Waals surface area contributed by atoms with Crippen molar-refractivity contribution in [3.05, 3.63) is 29.8 Å². The van der Waals surface area contributed by atoms with E-state index in [9.17, 15) is 0 Å². The molecule has 0 saturated carbocycles. The van der Waals surface area contributed by atoms with Crippen LogP contribution < -0.4 is 10.2 Å². The summed E-state index contributed by atoms with van der Waals surface area (Å²) >= 11 is 0. The normalized spacial score (nSPS) is 13.6. The van der Waals surface area contributed by atoms with Crippen molar-refractivity contribution in [3.63, 3.8) is 0 Å². The first kappa shape index (κ1) is 15.5. The van der Waals surface area contributed by atoms with E-state index in [4.69, 9.17) is 5.26 Å². The third kappa shape index (κ3) is 3.97. The molecule has 0 aliphatic carbocycles. The number of para-hydroxylation sites is 1. The lowest BCUT2D eigenvalue weighted by Gasteiger charge is -2.29. The SMILES string of the molecule is CCC(NC)c1ccccc1N(CC)CC(C)C#N. The molecule has 0 aliphatic heterocycles. The highest BCUT2D eigenvalue weighted by atomic mass is 15.1. The molecular formula is C16H25N3. The molecule has 0 aromatic heterocycles. The minimum atomic E-state index is 0.0441. The van der Waals surface area contributed by atoms with Crippen molar-refractivity contribution < 1.29 is 0 Å². The second-order valence-corrected chi connectivity index (χ2v) is 4.88. The van der Waals surface area contributed by atoms with Gasteiger partial charge < -0.3 is 10.2 Å². The van der Waals surface area contributed by atoms with E-state index in [1.807, 2.05) is 14.0 Å². The Hall–Kier alpha value is -1.53. The Morgan fingerprint density at radius 1 is 1.32 bits per heavy atom. The predicted molar refractivity (Wildman–Crippen MR) is 81.2 cm³/mol. The van der Waals surface area contributed by atoms with E-state index in [2.05, 4.69) is 54.4 Å². The fraction of sp³-hybridized carbons (Fsp3) is 0.562. The molecule has 1 aromatic rings. The highest BCUT2D eigenvalue weighted by Gasteiger charge is 2.16. The number of hydrogen-bond donors (Lipinski definition) is 1. The van der Waals surface area contributed by atoms with Gasteiger partial charge in [0.1, 0.15) is 0 Å². The first-order valence-corrected chi connectivity index (χ1v) is 7.08. The molecule has 0 fully saturated rings. The Labute approximate surface area is 117 Å². The van der Waals surface area contributed by atoms with Crippen LogP contribution in [0, 0.1) is 17.2 Å². The number of nitrogens with zero attached hydrogens (tertiary/aromatic N) is 2. The van der Waals surface area contributed by atoms with Crippen molar-refractivity contribution in [2.75, 3.05) is 25.0 Å². The van der Waals surface area contributed by atoms with Crippen molar-refractivity contribution in [1.82, 2.24) is 5.32 Å². The molecule has 0 radical (unpaired) electrons. The smallest absolute Gasteiger partial charge is 0.0671 e. The van der Waals surface area contributed by atoms with E-state index >= 15 is 0 Å². The monoisotopic (exact) mass is 259 g/mol. The molecule has 1 aromatic carbocycles. The van der Waals surface area contributed by atoms with Crippen molar-refractivity contribution in [2.24, 2.45) is 5.92 Å². The average Bonchev–Trinajstić information content (AvgIpc) is 2.46. The van der Waals surface area contributed by atoms with E-state index in [1.165, 1.54) is 11.3 Å². The maximum atomic E-state index is 9.01. The van der Waals surface area contributed by atoms with Crippen LogP contribution in [0.15, 0.2) is 24.3 Å². The van der Waals surface area contributed by atoms with Gasteiger partial charge in [-0.2, -0.15) is 5.26 Å². The summed E-state index contributed by atoms with van der Waals surface area (Å²) in [5, 5.41) is 12.4. The summed E-state index contributed by atoms with van der Waals surface area (Å²) in [7, 11) is 2.00. The summed E-state index contributed by atoms with van der Waals surface area (Å²) in [6.07, 6.45) is 1.05. The zero-order chi connectivity index (χ0) is 14.3. The van der Waals surface area contributed by atoms with E-state index in [-0.39, 0.29) is 5.92 Å². The Bertz CT molecular complexity index is 418. The largest absolute Gasteiger partial charge is 0.370 e. The molecule has 3 nitrogen and oxygen atoms in total. The number of hydrogen-bond acceptors (Lipinski definition) is 3. The molecule has 19 heavy (non-hydrogen) atoms. The van der Waals surface area contributed by atoms with Gasteiger partial charge in [-0.05, 0) is 38.9 Å². The Morgan fingerprint density at radius 2 is 2.00 bits per heavy atom. The first-order valence-electron chi connectivity index (χ1n) is 7.08. The minimum absolute atomic E-state index is 0.0441. The summed E-state index contributed by atoms with van der Waals surface area (Å²) in [5.41, 5.74) is 2.56. The van der Waals surface area contributed by atoms with Crippen LogP contribution in [0.5, 0.6) is 0 Å². The van der Waals surface area contributed by atoms with Crippen molar-refractivity contribution in [2.45, 2.75) is 33.2 Å². The molecule has 0 aliphatic rings. The Morgan fingerprint density at radius 3 is 2.53 bits per heavy atom. The van der Waals surface area contributed by atoms with E-state index in [1.54, 1.807) is 0 Å². The van der Waals surface area contributed by atoms with Crippen LogP contribution in [0.3, 0.4) is 0 Å². The molecule has 0 bridgehead atoms. The van der Waals surface area contributed by atoms with Gasteiger partial charge in [0.25, 0.3) is 0 Å². The maximum Gasteiger partial charge on any atom is 0.0671 e. The molecule has 2 unspecified atom stereocenters. The topological polar surface area (TPSA) is 39.1 Å². The van der Waals surface area contributed by atoms with Crippen molar-refractivity contribution >= 4 is 5.69 Å². The third-order valence-corrected chi connectivity index (χ3v) is 3.51. The highest BCUT2D eigenvalue weighted by Crippen LogP contribution is 2.28. The molecule has 2 atom stereocenters. The van der Waals surface area contributed by atoms with Gasteiger partial charge in [0.05, 0.1) is 12.0 Å². The van der Waals surface area contributed by atoms with Gasteiger partial charge in [0.2, 0.25) is 0 Å². The Kier molecular flexibility index (Phi) is 6.38. The highest BCUT2D eigenvalue weighted by molar-refractivity contribution is 5.55. The van der Waals surface area contributed by atoms with E-state index < -0.39 is 0 Å². The lowest BCUT2D eigenvalue weighted by atomic mass is 10.0. The zero-order valence-electron chi connectivity index (χ0n) is 12.5. The third-order valence-electron chi connectivity index (χ3n) is 3.51. The number of benzene rings is 1. The van der Waals surface area contributed by atoms with Gasteiger partial charge in [0.15, 0.2) is 0 Å². The van der Waals surface area contributed by atoms with Gasteiger partial charge in [-0.1, -0.05) is 25.1 Å². The second kappa shape index (κ2) is 7.81. The van der Waals surface area contributed by atoms with Crippen molar-refractivity contribution in [3.8, 4) is 6.07 Å². The molecular weight excluding hydrogens is 234 g/mol. The molecule has 0 saturated heterocycles. The summed E-state index contributed by atoms with van der Waals surface area (Å²) in [6.45, 7) is 8.00. The number of anilines is 1. The molecule has 0 amide bonds. The van der Waals surface area contributed by atoms with Gasteiger partial charge in [-0.25, -0.2) is 0 Å². The van der Waals surface area contributed by atoms with Crippen LogP contribution >= 0.6 is 0 Å². The van der Waals surface area contributed by atoms with Gasteiger partial charge in [-0.3, -0.25) is 0 Å². The van der Waals surface area contributed by atoms with Crippen LogP contribution in [0.2, 0.25) is 0 Å². The average molecular weight is 259 g/mol. The quantitative estimate of drug-likeness (QED) is 0.816. The lowest BCUT2D eigenvalue weighted by Crippen LogP contribution is -2.30. The summed E-state index contributed by atoms with van der Waals surface area (Å²) in [5.74, 6) is 0.0441. The van der Waals surface area contributed by atoms with E-state index in [0.717, 1.165) is 19.5 Å². The summed E-state index contributed by atoms with van der Waals surface area (Å²) in [4.78, 5) is 2.29. The lowest BCUT2D eigenvalue weighted by molar-refractivity contribution is 0.572. The molecule has 1 rings (SSSR count). The number of nitrogens with one attached hydrogen (secondary N) is 1. The molecule has 0 heterocycles. The van der Waals surface area contributed by atoms with Gasteiger partial charge in [0, 0.05) is 24.8 Å². The van der Waals surface area contributed by atoms with Gasteiger partial charge in [-0.15, -0.1) is 0 Å². The fourth-order valence-corrected chi connectivity index (χ4v) is 2.42. The summed E-state index contributed by atoms with van der Waals surface area (Å²) < 4.78 is 0. The molecule has 3 heteroatoms. The van der Waals surface area contributed by atoms with Crippen LogP contribution in [-0.2, 0) is 0 Å². The maximum absolute atomic E-state index is 9.01. The minimum Gasteiger partial charge on any atom is -0.370 e. The van der Waals surface area contributed by atoms with Gasteiger partial charge >= 0.3 is 0 Å².